The molecule has 1 aliphatic heterocycles. The van der Waals surface area contributed by atoms with Gasteiger partial charge in [-0.3, -0.25) is 9.59 Å². The van der Waals surface area contributed by atoms with Crippen LogP contribution in [0.1, 0.15) is 19.4 Å². The van der Waals surface area contributed by atoms with E-state index >= 15 is 0 Å². The Morgan fingerprint density at radius 1 is 1.21 bits per heavy atom. The average molecular weight is 439 g/mol. The van der Waals surface area contributed by atoms with Crippen LogP contribution in [0.3, 0.4) is 0 Å². The van der Waals surface area contributed by atoms with Crippen LogP contribution in [0.4, 0.5) is 10.1 Å². The summed E-state index contributed by atoms with van der Waals surface area (Å²) in [6.45, 7) is 6.35. The Hall–Kier alpha value is -1.61. The zero-order chi connectivity index (χ0) is 19.1. The van der Waals surface area contributed by atoms with Crippen molar-refractivity contribution in [2.45, 2.75) is 26.4 Å². The molecule has 28 heavy (non-hydrogen) atoms. The van der Waals surface area contributed by atoms with Gasteiger partial charge >= 0.3 is 0 Å². The van der Waals surface area contributed by atoms with Crippen molar-refractivity contribution in [3.8, 4) is 0 Å². The van der Waals surface area contributed by atoms with Crippen LogP contribution in [-0.2, 0) is 20.9 Å². The summed E-state index contributed by atoms with van der Waals surface area (Å²) < 4.78 is 19.0. The summed E-state index contributed by atoms with van der Waals surface area (Å²) in [5.74, 6) is -1.09. The zero-order valence-electron chi connectivity index (χ0n) is 16.1. The number of carbonyl (C=O) groups is 2. The van der Waals surface area contributed by atoms with E-state index in [9.17, 15) is 14.0 Å². The molecule has 1 saturated heterocycles. The number of morpholine rings is 1. The fraction of sp³-hybridized carbons (Fsp3) is 0.556. The van der Waals surface area contributed by atoms with E-state index in [4.69, 9.17) is 10.5 Å². The maximum Gasteiger partial charge on any atom is 0.239 e. The highest BCUT2D eigenvalue weighted by Gasteiger charge is 2.18. The van der Waals surface area contributed by atoms with E-state index in [1.807, 2.05) is 13.8 Å². The van der Waals surface area contributed by atoms with E-state index in [0.717, 1.165) is 18.8 Å². The molecular formula is C18H29Cl2FN4O3. The van der Waals surface area contributed by atoms with Crippen LogP contribution >= 0.6 is 24.8 Å². The summed E-state index contributed by atoms with van der Waals surface area (Å²) in [6.07, 6.45) is 0. The minimum Gasteiger partial charge on any atom is -0.378 e. The molecule has 1 heterocycles. The first kappa shape index (κ1) is 26.4. The van der Waals surface area contributed by atoms with Crippen LogP contribution < -0.4 is 21.3 Å². The second-order valence-electron chi connectivity index (χ2n) is 6.64. The van der Waals surface area contributed by atoms with Crippen molar-refractivity contribution in [2.75, 3.05) is 37.7 Å². The number of nitrogens with two attached hydrogens (primary N) is 1. The molecule has 0 aromatic heterocycles. The zero-order valence-corrected chi connectivity index (χ0v) is 17.7. The smallest absolute Gasteiger partial charge is 0.239 e. The number of halogens is 3. The van der Waals surface area contributed by atoms with Crippen LogP contribution in [0, 0.1) is 11.7 Å². The van der Waals surface area contributed by atoms with E-state index in [1.165, 1.54) is 12.1 Å². The molecule has 10 heteroatoms. The monoisotopic (exact) mass is 438 g/mol. The van der Waals surface area contributed by atoms with Crippen molar-refractivity contribution < 1.29 is 18.7 Å². The van der Waals surface area contributed by atoms with Gasteiger partial charge in [-0.05, 0) is 29.7 Å². The van der Waals surface area contributed by atoms with Crippen LogP contribution in [0.5, 0.6) is 0 Å². The Kier molecular flexibility index (Phi) is 12.0. The van der Waals surface area contributed by atoms with Gasteiger partial charge in [0.25, 0.3) is 0 Å². The number of carbonyl (C=O) groups excluding carboxylic acids is 2. The molecule has 0 aliphatic carbocycles. The lowest BCUT2D eigenvalue weighted by molar-refractivity contribution is -0.127. The largest absolute Gasteiger partial charge is 0.378 e. The first-order valence-corrected chi connectivity index (χ1v) is 8.79. The summed E-state index contributed by atoms with van der Waals surface area (Å²) in [5, 5.41) is 5.22. The van der Waals surface area contributed by atoms with E-state index < -0.39 is 6.04 Å². The van der Waals surface area contributed by atoms with Crippen molar-refractivity contribution in [2.24, 2.45) is 11.7 Å². The molecule has 0 radical (unpaired) electrons. The first-order valence-electron chi connectivity index (χ1n) is 8.79. The Morgan fingerprint density at radius 2 is 1.86 bits per heavy atom. The molecule has 2 amide bonds. The van der Waals surface area contributed by atoms with Gasteiger partial charge in [-0.15, -0.1) is 24.8 Å². The van der Waals surface area contributed by atoms with Gasteiger partial charge in [0.15, 0.2) is 0 Å². The van der Waals surface area contributed by atoms with Crippen LogP contribution in [0.15, 0.2) is 18.2 Å². The number of nitrogens with zero attached hydrogens (tertiary/aromatic N) is 1. The Morgan fingerprint density at radius 3 is 2.46 bits per heavy atom. The van der Waals surface area contributed by atoms with Gasteiger partial charge in [-0.1, -0.05) is 13.8 Å². The highest BCUT2D eigenvalue weighted by molar-refractivity contribution is 5.87. The van der Waals surface area contributed by atoms with Gasteiger partial charge in [-0.25, -0.2) is 4.39 Å². The van der Waals surface area contributed by atoms with E-state index in [2.05, 4.69) is 15.5 Å². The van der Waals surface area contributed by atoms with E-state index in [-0.39, 0.29) is 61.5 Å². The molecule has 0 spiro atoms. The van der Waals surface area contributed by atoms with Crippen LogP contribution in [-0.4, -0.2) is 50.7 Å². The van der Waals surface area contributed by atoms with Gasteiger partial charge in [0.1, 0.15) is 5.82 Å². The second-order valence-corrected chi connectivity index (χ2v) is 6.64. The molecule has 0 bridgehead atoms. The highest BCUT2D eigenvalue weighted by atomic mass is 35.5. The van der Waals surface area contributed by atoms with Crippen molar-refractivity contribution in [3.63, 3.8) is 0 Å². The minimum absolute atomic E-state index is 0. The molecule has 160 valence electrons. The summed E-state index contributed by atoms with van der Waals surface area (Å²) in [7, 11) is 0. The third kappa shape index (κ3) is 7.79. The number of ether oxygens (including phenoxy) is 1. The maximum absolute atomic E-state index is 13.6. The molecule has 4 N–H and O–H groups in total. The minimum atomic E-state index is -0.654. The molecule has 1 aliphatic rings. The molecule has 1 atom stereocenters. The topological polar surface area (TPSA) is 96.7 Å². The summed E-state index contributed by atoms with van der Waals surface area (Å²) in [5.41, 5.74) is 7.29. The SMILES string of the molecule is CC(C)[C@H](N)C(=O)NCC(=O)NCc1cc(F)ccc1N1CCOCC1.Cl.Cl. The molecule has 0 saturated carbocycles. The Labute approximate surface area is 177 Å². The fourth-order valence-electron chi connectivity index (χ4n) is 2.65. The van der Waals surface area contributed by atoms with Crippen molar-refractivity contribution in [1.29, 1.82) is 0 Å². The molecule has 1 fully saturated rings. The lowest BCUT2D eigenvalue weighted by Gasteiger charge is -2.30. The number of amides is 2. The molecular weight excluding hydrogens is 410 g/mol. The van der Waals surface area contributed by atoms with Gasteiger partial charge in [0, 0.05) is 25.3 Å². The van der Waals surface area contributed by atoms with Gasteiger partial charge in [0.05, 0.1) is 25.8 Å². The molecule has 1 aromatic rings. The Balaban J connectivity index is 0.00000364. The number of benzene rings is 1. The molecule has 0 unspecified atom stereocenters. The molecule has 2 rings (SSSR count). The predicted octanol–water partition coefficient (Wildman–Crippen LogP) is 1.22. The number of anilines is 1. The van der Waals surface area contributed by atoms with Gasteiger partial charge in [0.2, 0.25) is 11.8 Å². The van der Waals surface area contributed by atoms with Crippen LogP contribution in [0.2, 0.25) is 0 Å². The maximum atomic E-state index is 13.6. The Bertz CT molecular complexity index is 643. The molecule has 7 nitrogen and oxygen atoms in total. The van der Waals surface area contributed by atoms with Crippen molar-refractivity contribution >= 4 is 42.3 Å². The second kappa shape index (κ2) is 12.8. The van der Waals surface area contributed by atoms with E-state index in [1.54, 1.807) is 6.07 Å². The van der Waals surface area contributed by atoms with Crippen LogP contribution in [0.25, 0.3) is 0 Å². The predicted molar refractivity (Wildman–Crippen MR) is 112 cm³/mol. The number of hydrogen-bond acceptors (Lipinski definition) is 5. The molecule has 1 aromatic carbocycles. The standard InChI is InChI=1S/C18H27FN4O3.2ClH/c1-12(2)17(20)18(25)22-11-16(24)21-10-13-9-14(19)3-4-15(13)23-5-7-26-8-6-23;;/h3-4,9,12,17H,5-8,10-11,20H2,1-2H3,(H,21,24)(H,22,25);2*1H/t17-;;/m0../s1. The number of hydrogen-bond donors (Lipinski definition) is 3. The average Bonchev–Trinajstić information content (AvgIpc) is 2.64. The lowest BCUT2D eigenvalue weighted by atomic mass is 10.1. The van der Waals surface area contributed by atoms with E-state index in [0.29, 0.717) is 18.8 Å². The summed E-state index contributed by atoms with van der Waals surface area (Å²) in [4.78, 5) is 25.9. The third-order valence-corrected chi connectivity index (χ3v) is 4.31. The third-order valence-electron chi connectivity index (χ3n) is 4.31. The fourth-order valence-corrected chi connectivity index (χ4v) is 2.65. The number of rotatable bonds is 7. The first-order chi connectivity index (χ1) is 12.4. The lowest BCUT2D eigenvalue weighted by Crippen LogP contribution is -2.47. The normalized spacial score (nSPS) is 14.5. The summed E-state index contributed by atoms with van der Waals surface area (Å²) >= 11 is 0. The quantitative estimate of drug-likeness (QED) is 0.594. The number of nitrogens with one attached hydrogen (secondary N) is 2. The van der Waals surface area contributed by atoms with Gasteiger partial charge in [-0.2, -0.15) is 0 Å². The van der Waals surface area contributed by atoms with Crippen molar-refractivity contribution in [1.82, 2.24) is 10.6 Å². The van der Waals surface area contributed by atoms with Gasteiger partial charge < -0.3 is 26.0 Å². The summed E-state index contributed by atoms with van der Waals surface area (Å²) in [6, 6.07) is 3.88. The van der Waals surface area contributed by atoms with Crippen molar-refractivity contribution in [3.05, 3.63) is 29.6 Å². The highest BCUT2D eigenvalue weighted by Crippen LogP contribution is 2.22.